The Bertz CT molecular complexity index is 773. The van der Waals surface area contributed by atoms with Crippen molar-refractivity contribution in [1.82, 2.24) is 9.88 Å². The lowest BCUT2D eigenvalue weighted by molar-refractivity contribution is -0.139. The van der Waals surface area contributed by atoms with E-state index in [0.717, 1.165) is 10.9 Å². The average Bonchev–Trinajstić information content (AvgIpc) is 3.10. The number of carbonyl (C=O) groups excluding carboxylic acids is 1. The highest BCUT2D eigenvalue weighted by molar-refractivity contribution is 5.89. The van der Waals surface area contributed by atoms with E-state index in [1.165, 1.54) is 12.1 Å². The van der Waals surface area contributed by atoms with Crippen LogP contribution in [-0.2, 0) is 20.7 Å². The highest BCUT2D eigenvalue weighted by atomic mass is 19.1. The molecule has 24 heavy (non-hydrogen) atoms. The van der Waals surface area contributed by atoms with Crippen LogP contribution in [0.2, 0.25) is 0 Å². The summed E-state index contributed by atoms with van der Waals surface area (Å²) in [5, 5.41) is 9.83. The Labute approximate surface area is 138 Å². The van der Waals surface area contributed by atoms with Crippen molar-refractivity contribution in [1.29, 1.82) is 0 Å². The van der Waals surface area contributed by atoms with Crippen LogP contribution >= 0.6 is 0 Å². The molecule has 0 aliphatic carbocycles. The van der Waals surface area contributed by atoms with Gasteiger partial charge in [0.15, 0.2) is 0 Å². The van der Waals surface area contributed by atoms with Crippen LogP contribution in [0.3, 0.4) is 0 Å². The molecule has 0 radical (unpaired) electrons. The number of rotatable bonds is 5. The third kappa shape index (κ3) is 3.26. The van der Waals surface area contributed by atoms with Gasteiger partial charge >= 0.3 is 5.97 Å². The van der Waals surface area contributed by atoms with Crippen LogP contribution < -0.4 is 0 Å². The molecule has 1 fully saturated rings. The molecule has 0 saturated carbocycles. The maximum Gasteiger partial charge on any atom is 0.305 e. The number of aliphatic carboxylic acids is 1. The number of amides is 1. The summed E-state index contributed by atoms with van der Waals surface area (Å²) < 4.78 is 18.5. The van der Waals surface area contributed by atoms with Gasteiger partial charge in [0.1, 0.15) is 5.82 Å². The number of ether oxygens (including phenoxy) is 1. The molecular formula is C17H19FN2O4. The molecule has 1 aromatic heterocycles. The summed E-state index contributed by atoms with van der Waals surface area (Å²) in [6, 6.07) is 4.02. The molecule has 7 heteroatoms. The Hall–Kier alpha value is -2.41. The second-order valence-corrected chi connectivity index (χ2v) is 6.07. The second-order valence-electron chi connectivity index (χ2n) is 6.07. The maximum atomic E-state index is 13.2. The van der Waals surface area contributed by atoms with Gasteiger partial charge in [-0.05, 0) is 30.2 Å². The number of nitrogens with zero attached hydrogens (tertiary/aromatic N) is 1. The summed E-state index contributed by atoms with van der Waals surface area (Å²) in [6.07, 6.45) is 2.12. The van der Waals surface area contributed by atoms with Gasteiger partial charge in [-0.25, -0.2) is 4.39 Å². The second kappa shape index (κ2) is 6.60. The summed E-state index contributed by atoms with van der Waals surface area (Å²) >= 11 is 0. The molecule has 128 valence electrons. The summed E-state index contributed by atoms with van der Waals surface area (Å²) in [5.74, 6) is -1.42. The van der Waals surface area contributed by atoms with Crippen molar-refractivity contribution >= 4 is 22.8 Å². The molecule has 1 aliphatic rings. The molecule has 1 saturated heterocycles. The fourth-order valence-corrected chi connectivity index (χ4v) is 3.31. The lowest BCUT2D eigenvalue weighted by Gasteiger charge is -2.23. The maximum absolute atomic E-state index is 13.2. The standard InChI is InChI=1S/C17H19FN2O4/c1-24-13-6-12(7-17(22)23)20(9-13)16(21)4-10-8-19-15-5-11(18)2-3-14(10)15/h2-3,5,8,12-13,19H,4,6-7,9H2,1H3,(H,22,23). The topological polar surface area (TPSA) is 82.6 Å². The third-order valence-electron chi connectivity index (χ3n) is 4.51. The van der Waals surface area contributed by atoms with Crippen LogP contribution in [0.1, 0.15) is 18.4 Å². The minimum atomic E-state index is -0.933. The first-order valence-corrected chi connectivity index (χ1v) is 7.77. The molecule has 1 aliphatic heterocycles. The van der Waals surface area contributed by atoms with Crippen molar-refractivity contribution < 1.29 is 23.8 Å². The van der Waals surface area contributed by atoms with Crippen molar-refractivity contribution in [3.05, 3.63) is 35.8 Å². The van der Waals surface area contributed by atoms with E-state index in [2.05, 4.69) is 4.98 Å². The minimum Gasteiger partial charge on any atom is -0.481 e. The number of hydrogen-bond acceptors (Lipinski definition) is 3. The van der Waals surface area contributed by atoms with Crippen LogP contribution in [0, 0.1) is 5.82 Å². The largest absolute Gasteiger partial charge is 0.481 e. The Kier molecular flexibility index (Phi) is 4.53. The van der Waals surface area contributed by atoms with Crippen molar-refractivity contribution in [3.63, 3.8) is 0 Å². The molecule has 1 aromatic carbocycles. The minimum absolute atomic E-state index is 0.0926. The zero-order valence-electron chi connectivity index (χ0n) is 13.3. The number of fused-ring (bicyclic) bond motifs is 1. The van der Waals surface area contributed by atoms with Gasteiger partial charge in [0.25, 0.3) is 0 Å². The molecule has 2 heterocycles. The normalized spacial score (nSPS) is 20.7. The molecule has 0 spiro atoms. The van der Waals surface area contributed by atoms with Crippen LogP contribution in [0.15, 0.2) is 24.4 Å². The van der Waals surface area contributed by atoms with E-state index in [9.17, 15) is 14.0 Å². The number of hydrogen-bond donors (Lipinski definition) is 2. The molecule has 2 aromatic rings. The van der Waals surface area contributed by atoms with Crippen LogP contribution in [0.25, 0.3) is 10.9 Å². The van der Waals surface area contributed by atoms with Gasteiger partial charge in [0.05, 0.1) is 18.9 Å². The van der Waals surface area contributed by atoms with Gasteiger partial charge in [0, 0.05) is 36.8 Å². The Morgan fingerprint density at radius 3 is 2.96 bits per heavy atom. The number of carboxylic acid groups (broad SMARTS) is 1. The first kappa shape index (κ1) is 16.4. The number of carboxylic acids is 1. The number of likely N-dealkylation sites (tertiary alicyclic amines) is 1. The predicted octanol–water partition coefficient (Wildman–Crippen LogP) is 1.94. The number of benzene rings is 1. The number of nitrogens with one attached hydrogen (secondary N) is 1. The number of aromatic nitrogens is 1. The number of H-pyrrole nitrogens is 1. The van der Waals surface area contributed by atoms with E-state index in [1.54, 1.807) is 24.3 Å². The van der Waals surface area contributed by atoms with Crippen LogP contribution in [-0.4, -0.2) is 52.7 Å². The predicted molar refractivity (Wildman–Crippen MR) is 85.1 cm³/mol. The number of aromatic amines is 1. The highest BCUT2D eigenvalue weighted by Gasteiger charge is 2.36. The molecule has 1 amide bonds. The monoisotopic (exact) mass is 334 g/mol. The van der Waals surface area contributed by atoms with E-state index in [-0.39, 0.29) is 36.7 Å². The molecule has 2 unspecified atom stereocenters. The zero-order chi connectivity index (χ0) is 17.3. The molecule has 2 atom stereocenters. The van der Waals surface area contributed by atoms with Crippen molar-refractivity contribution in [2.75, 3.05) is 13.7 Å². The summed E-state index contributed by atoms with van der Waals surface area (Å²) in [4.78, 5) is 28.2. The molecule has 2 N–H and O–H groups in total. The van der Waals surface area contributed by atoms with Gasteiger partial charge in [0.2, 0.25) is 5.91 Å². The van der Waals surface area contributed by atoms with E-state index >= 15 is 0 Å². The summed E-state index contributed by atoms with van der Waals surface area (Å²) in [5.41, 5.74) is 1.40. The first-order valence-electron chi connectivity index (χ1n) is 7.77. The molecule has 6 nitrogen and oxygen atoms in total. The SMILES string of the molecule is COC1CC(CC(=O)O)N(C(=O)Cc2c[nH]c3cc(F)ccc23)C1. The molecular weight excluding hydrogens is 315 g/mol. The van der Waals surface area contributed by atoms with E-state index in [1.807, 2.05) is 0 Å². The van der Waals surface area contributed by atoms with Gasteiger partial charge in [-0.15, -0.1) is 0 Å². The third-order valence-corrected chi connectivity index (χ3v) is 4.51. The first-order chi connectivity index (χ1) is 11.5. The zero-order valence-corrected chi connectivity index (χ0v) is 13.3. The molecule has 3 rings (SSSR count). The van der Waals surface area contributed by atoms with Gasteiger partial charge in [-0.3, -0.25) is 9.59 Å². The summed E-state index contributed by atoms with van der Waals surface area (Å²) in [7, 11) is 1.56. The molecule has 0 bridgehead atoms. The Morgan fingerprint density at radius 2 is 2.25 bits per heavy atom. The quantitative estimate of drug-likeness (QED) is 0.875. The highest BCUT2D eigenvalue weighted by Crippen LogP contribution is 2.25. The van der Waals surface area contributed by atoms with E-state index in [0.29, 0.717) is 18.5 Å². The van der Waals surface area contributed by atoms with Gasteiger partial charge < -0.3 is 19.7 Å². The van der Waals surface area contributed by atoms with Crippen LogP contribution in [0.4, 0.5) is 4.39 Å². The van der Waals surface area contributed by atoms with Gasteiger partial charge in [-0.1, -0.05) is 0 Å². The lowest BCUT2D eigenvalue weighted by atomic mass is 10.1. The summed E-state index contributed by atoms with van der Waals surface area (Å²) in [6.45, 7) is 0.393. The Morgan fingerprint density at radius 1 is 1.46 bits per heavy atom. The fraction of sp³-hybridized carbons (Fsp3) is 0.412. The van der Waals surface area contributed by atoms with E-state index < -0.39 is 5.97 Å². The smallest absolute Gasteiger partial charge is 0.305 e. The van der Waals surface area contributed by atoms with Crippen LogP contribution in [0.5, 0.6) is 0 Å². The number of halogens is 1. The van der Waals surface area contributed by atoms with Crippen molar-refractivity contribution in [2.45, 2.75) is 31.4 Å². The average molecular weight is 334 g/mol. The van der Waals surface area contributed by atoms with Crippen molar-refractivity contribution in [2.24, 2.45) is 0 Å². The number of carbonyl (C=O) groups is 2. The number of methoxy groups -OCH3 is 1. The lowest BCUT2D eigenvalue weighted by Crippen LogP contribution is -2.38. The van der Waals surface area contributed by atoms with Crippen molar-refractivity contribution in [3.8, 4) is 0 Å². The Balaban J connectivity index is 1.78. The van der Waals surface area contributed by atoms with E-state index in [4.69, 9.17) is 9.84 Å². The fourth-order valence-electron chi connectivity index (χ4n) is 3.31. The van der Waals surface area contributed by atoms with Gasteiger partial charge in [-0.2, -0.15) is 0 Å².